The van der Waals surface area contributed by atoms with E-state index in [1.807, 2.05) is 0 Å². The standard InChI is InChI=1S/C13H15BrO4/c14-9-3-4-11(10(7-9)12(15)16)18-8-13(17)5-1-2-6-13/h3-4,7,17H,1-2,5-6,8H2,(H,15,16). The molecule has 0 heterocycles. The zero-order chi connectivity index (χ0) is 13.2. The number of hydrogen-bond donors (Lipinski definition) is 2. The lowest BCUT2D eigenvalue weighted by atomic mass is 10.0. The van der Waals surface area contributed by atoms with Crippen molar-refractivity contribution < 1.29 is 19.7 Å². The van der Waals surface area contributed by atoms with E-state index in [0.717, 1.165) is 12.8 Å². The van der Waals surface area contributed by atoms with E-state index < -0.39 is 11.6 Å². The van der Waals surface area contributed by atoms with E-state index >= 15 is 0 Å². The highest BCUT2D eigenvalue weighted by atomic mass is 79.9. The third-order valence-electron chi connectivity index (χ3n) is 3.20. The van der Waals surface area contributed by atoms with Crippen molar-refractivity contribution in [3.8, 4) is 5.75 Å². The first-order chi connectivity index (χ1) is 8.50. The Hall–Kier alpha value is -1.07. The number of benzene rings is 1. The van der Waals surface area contributed by atoms with Crippen molar-refractivity contribution in [2.45, 2.75) is 31.3 Å². The van der Waals surface area contributed by atoms with Gasteiger partial charge in [0, 0.05) is 4.47 Å². The zero-order valence-electron chi connectivity index (χ0n) is 9.86. The van der Waals surface area contributed by atoms with Gasteiger partial charge >= 0.3 is 5.97 Å². The molecule has 4 nitrogen and oxygen atoms in total. The Balaban J connectivity index is 2.11. The minimum Gasteiger partial charge on any atom is -0.490 e. The molecule has 1 aromatic rings. The van der Waals surface area contributed by atoms with Gasteiger partial charge < -0.3 is 14.9 Å². The van der Waals surface area contributed by atoms with Crippen LogP contribution in [0.25, 0.3) is 0 Å². The van der Waals surface area contributed by atoms with E-state index in [4.69, 9.17) is 9.84 Å². The number of halogens is 1. The smallest absolute Gasteiger partial charge is 0.339 e. The van der Waals surface area contributed by atoms with Gasteiger partial charge in [0.05, 0.1) is 5.60 Å². The second-order valence-electron chi connectivity index (χ2n) is 4.67. The number of carboxylic acid groups (broad SMARTS) is 1. The van der Waals surface area contributed by atoms with E-state index in [-0.39, 0.29) is 12.2 Å². The highest BCUT2D eigenvalue weighted by molar-refractivity contribution is 9.10. The Morgan fingerprint density at radius 1 is 1.39 bits per heavy atom. The van der Waals surface area contributed by atoms with Crippen molar-refractivity contribution in [2.24, 2.45) is 0 Å². The predicted molar refractivity (Wildman–Crippen MR) is 70.0 cm³/mol. The maximum atomic E-state index is 11.1. The molecule has 0 aromatic heterocycles. The van der Waals surface area contributed by atoms with Crippen molar-refractivity contribution in [3.05, 3.63) is 28.2 Å². The molecule has 1 aliphatic rings. The average molecular weight is 315 g/mol. The molecule has 1 saturated carbocycles. The Morgan fingerprint density at radius 3 is 2.67 bits per heavy atom. The van der Waals surface area contributed by atoms with Crippen molar-refractivity contribution in [2.75, 3.05) is 6.61 Å². The summed E-state index contributed by atoms with van der Waals surface area (Å²) < 4.78 is 6.18. The van der Waals surface area contributed by atoms with Crippen LogP contribution in [0.3, 0.4) is 0 Å². The van der Waals surface area contributed by atoms with Gasteiger partial charge in [0.2, 0.25) is 0 Å². The molecule has 0 spiro atoms. The molecule has 0 radical (unpaired) electrons. The van der Waals surface area contributed by atoms with Crippen LogP contribution in [0.1, 0.15) is 36.0 Å². The van der Waals surface area contributed by atoms with Crippen LogP contribution in [0.5, 0.6) is 5.75 Å². The Morgan fingerprint density at radius 2 is 2.06 bits per heavy atom. The van der Waals surface area contributed by atoms with Crippen LogP contribution >= 0.6 is 15.9 Å². The lowest BCUT2D eigenvalue weighted by molar-refractivity contribution is 0.000901. The molecule has 0 saturated heterocycles. The van der Waals surface area contributed by atoms with Gasteiger partial charge in [-0.15, -0.1) is 0 Å². The largest absolute Gasteiger partial charge is 0.490 e. The molecule has 0 atom stereocenters. The highest BCUT2D eigenvalue weighted by Crippen LogP contribution is 2.31. The lowest BCUT2D eigenvalue weighted by Gasteiger charge is -2.22. The first-order valence-electron chi connectivity index (χ1n) is 5.88. The number of ether oxygens (including phenoxy) is 1. The number of carbonyl (C=O) groups is 1. The summed E-state index contributed by atoms with van der Waals surface area (Å²) in [5, 5.41) is 19.2. The minimum absolute atomic E-state index is 0.103. The monoisotopic (exact) mass is 314 g/mol. The summed E-state index contributed by atoms with van der Waals surface area (Å²) in [5.74, 6) is -0.740. The summed E-state index contributed by atoms with van der Waals surface area (Å²) in [4.78, 5) is 11.1. The number of hydrogen-bond acceptors (Lipinski definition) is 3. The minimum atomic E-state index is -1.04. The first kappa shape index (κ1) is 13.4. The molecule has 18 heavy (non-hydrogen) atoms. The summed E-state index contributed by atoms with van der Waals surface area (Å²) in [7, 11) is 0. The fourth-order valence-electron chi connectivity index (χ4n) is 2.18. The molecule has 98 valence electrons. The fourth-order valence-corrected chi connectivity index (χ4v) is 2.55. The normalized spacial score (nSPS) is 17.7. The van der Waals surface area contributed by atoms with E-state index in [1.165, 1.54) is 6.07 Å². The number of rotatable bonds is 4. The van der Waals surface area contributed by atoms with Gasteiger partial charge in [-0.3, -0.25) is 0 Å². The quantitative estimate of drug-likeness (QED) is 0.896. The van der Waals surface area contributed by atoms with Crippen molar-refractivity contribution in [1.82, 2.24) is 0 Å². The zero-order valence-corrected chi connectivity index (χ0v) is 11.4. The van der Waals surface area contributed by atoms with Crippen molar-refractivity contribution in [3.63, 3.8) is 0 Å². The SMILES string of the molecule is O=C(O)c1cc(Br)ccc1OCC1(O)CCCC1. The molecule has 5 heteroatoms. The van der Waals surface area contributed by atoms with Crippen LogP contribution in [0.15, 0.2) is 22.7 Å². The summed E-state index contributed by atoms with van der Waals surface area (Å²) >= 11 is 3.22. The molecule has 0 unspecified atom stereocenters. The fraction of sp³-hybridized carbons (Fsp3) is 0.462. The summed E-state index contributed by atoms with van der Waals surface area (Å²) in [6, 6.07) is 4.82. The summed E-state index contributed by atoms with van der Waals surface area (Å²) in [5.41, 5.74) is -0.700. The van der Waals surface area contributed by atoms with E-state index in [2.05, 4.69) is 15.9 Å². The van der Waals surface area contributed by atoms with Crippen LogP contribution in [0.2, 0.25) is 0 Å². The van der Waals surface area contributed by atoms with Gasteiger partial charge in [0.25, 0.3) is 0 Å². The van der Waals surface area contributed by atoms with Crippen LogP contribution < -0.4 is 4.74 Å². The molecule has 0 aliphatic heterocycles. The first-order valence-corrected chi connectivity index (χ1v) is 6.67. The number of carboxylic acids is 1. The average Bonchev–Trinajstić information content (AvgIpc) is 2.75. The van der Waals surface area contributed by atoms with Gasteiger partial charge in [-0.25, -0.2) is 4.79 Å². The third kappa shape index (κ3) is 3.03. The molecular weight excluding hydrogens is 300 g/mol. The molecule has 2 rings (SSSR count). The topological polar surface area (TPSA) is 66.8 Å². The van der Waals surface area contributed by atoms with Gasteiger partial charge in [-0.2, -0.15) is 0 Å². The van der Waals surface area contributed by atoms with Gasteiger partial charge in [0.15, 0.2) is 0 Å². The number of aromatic carboxylic acids is 1. The summed E-state index contributed by atoms with van der Waals surface area (Å²) in [6.07, 6.45) is 3.41. The molecule has 2 N–H and O–H groups in total. The molecule has 1 fully saturated rings. The molecular formula is C13H15BrO4. The maximum absolute atomic E-state index is 11.1. The summed E-state index contributed by atoms with van der Waals surface area (Å²) in [6.45, 7) is 0.148. The number of aliphatic hydroxyl groups is 1. The van der Waals surface area contributed by atoms with Crippen LogP contribution in [-0.4, -0.2) is 28.4 Å². The van der Waals surface area contributed by atoms with Crippen LogP contribution in [0, 0.1) is 0 Å². The molecule has 1 aromatic carbocycles. The van der Waals surface area contributed by atoms with Crippen LogP contribution in [0.4, 0.5) is 0 Å². The Bertz CT molecular complexity index is 452. The van der Waals surface area contributed by atoms with Gasteiger partial charge in [-0.1, -0.05) is 28.8 Å². The molecule has 0 amide bonds. The second kappa shape index (κ2) is 5.28. The maximum Gasteiger partial charge on any atom is 0.339 e. The molecule has 0 bridgehead atoms. The van der Waals surface area contributed by atoms with E-state index in [1.54, 1.807) is 12.1 Å². The van der Waals surface area contributed by atoms with E-state index in [9.17, 15) is 9.90 Å². The molecule has 1 aliphatic carbocycles. The van der Waals surface area contributed by atoms with Crippen molar-refractivity contribution >= 4 is 21.9 Å². The Kier molecular flexibility index (Phi) is 3.92. The van der Waals surface area contributed by atoms with Crippen LogP contribution in [-0.2, 0) is 0 Å². The lowest BCUT2D eigenvalue weighted by Crippen LogP contribution is -2.32. The third-order valence-corrected chi connectivity index (χ3v) is 3.70. The van der Waals surface area contributed by atoms with E-state index in [0.29, 0.717) is 23.1 Å². The van der Waals surface area contributed by atoms with Crippen molar-refractivity contribution in [1.29, 1.82) is 0 Å². The highest BCUT2D eigenvalue weighted by Gasteiger charge is 2.32. The van der Waals surface area contributed by atoms with Gasteiger partial charge in [0.1, 0.15) is 17.9 Å². The predicted octanol–water partition coefficient (Wildman–Crippen LogP) is 2.83. The van der Waals surface area contributed by atoms with Gasteiger partial charge in [-0.05, 0) is 31.0 Å². The Labute approximate surface area is 114 Å². The second-order valence-corrected chi connectivity index (χ2v) is 5.58.